The minimum atomic E-state index is -0.647. The van der Waals surface area contributed by atoms with Gasteiger partial charge in [-0.1, -0.05) is 5.16 Å². The van der Waals surface area contributed by atoms with E-state index in [4.69, 9.17) is 10.3 Å². The van der Waals surface area contributed by atoms with Crippen molar-refractivity contribution < 1.29 is 9.63 Å². The number of aryl methyl sites for hydroxylation is 1. The quantitative estimate of drug-likeness (QED) is 0.608. The monoisotopic (exact) mass is 142 g/mol. The molecule has 4 heteroatoms. The van der Waals surface area contributed by atoms with Crippen LogP contribution in [0.4, 0.5) is 0 Å². The molecule has 1 heterocycles. The topological polar surface area (TPSA) is 72.3 Å². The van der Waals surface area contributed by atoms with Gasteiger partial charge in [0.1, 0.15) is 5.76 Å². The Morgan fingerprint density at radius 2 is 2.60 bits per heavy atom. The highest BCUT2D eigenvalue weighted by Gasteiger charge is 2.10. The third-order valence-corrected chi connectivity index (χ3v) is 1.37. The highest BCUT2D eigenvalue weighted by atomic mass is 16.5. The lowest BCUT2D eigenvalue weighted by Crippen LogP contribution is -2.11. The standard InChI is InChI=1S/C6H10N2O2/c1-4-5(3-8-10-4)6(9)2-7/h3,6,9H,2,7H2,1H3/t6-/m1/s1. The molecule has 0 unspecified atom stereocenters. The number of aliphatic hydroxyl groups excluding tert-OH is 1. The van der Waals surface area contributed by atoms with E-state index in [1.54, 1.807) is 6.92 Å². The maximum absolute atomic E-state index is 9.17. The van der Waals surface area contributed by atoms with Crippen LogP contribution >= 0.6 is 0 Å². The van der Waals surface area contributed by atoms with Crippen LogP contribution in [0.2, 0.25) is 0 Å². The van der Waals surface area contributed by atoms with Crippen molar-refractivity contribution in [1.82, 2.24) is 5.16 Å². The van der Waals surface area contributed by atoms with Crippen LogP contribution in [0.5, 0.6) is 0 Å². The lowest BCUT2D eigenvalue weighted by atomic mass is 10.1. The van der Waals surface area contributed by atoms with Crippen LogP contribution in [0, 0.1) is 6.92 Å². The summed E-state index contributed by atoms with van der Waals surface area (Å²) in [5.41, 5.74) is 5.88. The Morgan fingerprint density at radius 1 is 1.90 bits per heavy atom. The average Bonchev–Trinajstić information content (AvgIpc) is 2.34. The van der Waals surface area contributed by atoms with Gasteiger partial charge in [0.15, 0.2) is 0 Å². The van der Waals surface area contributed by atoms with Crippen LogP contribution < -0.4 is 5.73 Å². The van der Waals surface area contributed by atoms with Crippen LogP contribution in [-0.4, -0.2) is 16.8 Å². The van der Waals surface area contributed by atoms with Gasteiger partial charge in [-0.3, -0.25) is 0 Å². The largest absolute Gasteiger partial charge is 0.387 e. The van der Waals surface area contributed by atoms with E-state index in [1.165, 1.54) is 6.20 Å². The average molecular weight is 142 g/mol. The molecular formula is C6H10N2O2. The van der Waals surface area contributed by atoms with E-state index in [-0.39, 0.29) is 6.54 Å². The Labute approximate surface area is 58.6 Å². The lowest BCUT2D eigenvalue weighted by molar-refractivity contribution is 0.184. The molecule has 0 fully saturated rings. The van der Waals surface area contributed by atoms with Gasteiger partial charge in [0, 0.05) is 12.1 Å². The second kappa shape index (κ2) is 2.81. The predicted molar refractivity (Wildman–Crippen MR) is 35.3 cm³/mol. The summed E-state index contributed by atoms with van der Waals surface area (Å²) in [7, 11) is 0. The molecule has 1 aromatic rings. The van der Waals surface area contributed by atoms with Gasteiger partial charge in [0.25, 0.3) is 0 Å². The molecule has 4 nitrogen and oxygen atoms in total. The summed E-state index contributed by atoms with van der Waals surface area (Å²) < 4.78 is 4.72. The normalized spacial score (nSPS) is 13.5. The van der Waals surface area contributed by atoms with Gasteiger partial charge in [0.05, 0.1) is 12.3 Å². The molecule has 1 atom stereocenters. The zero-order chi connectivity index (χ0) is 7.56. The number of nitrogens with zero attached hydrogens (tertiary/aromatic N) is 1. The molecule has 10 heavy (non-hydrogen) atoms. The van der Waals surface area contributed by atoms with Crippen LogP contribution in [-0.2, 0) is 0 Å². The molecule has 1 aromatic heterocycles. The van der Waals surface area contributed by atoms with Crippen LogP contribution in [0.25, 0.3) is 0 Å². The zero-order valence-electron chi connectivity index (χ0n) is 5.74. The molecule has 0 spiro atoms. The molecule has 0 aliphatic rings. The highest BCUT2D eigenvalue weighted by molar-refractivity contribution is 5.14. The van der Waals surface area contributed by atoms with E-state index in [0.29, 0.717) is 11.3 Å². The fourth-order valence-electron chi connectivity index (χ4n) is 0.753. The number of hydrogen-bond donors (Lipinski definition) is 2. The fraction of sp³-hybridized carbons (Fsp3) is 0.500. The number of nitrogens with two attached hydrogens (primary N) is 1. The highest BCUT2D eigenvalue weighted by Crippen LogP contribution is 2.14. The molecule has 0 amide bonds. The van der Waals surface area contributed by atoms with Crippen molar-refractivity contribution >= 4 is 0 Å². The number of aromatic nitrogens is 1. The number of rotatable bonds is 2. The maximum Gasteiger partial charge on any atom is 0.139 e. The molecule has 0 saturated heterocycles. The van der Waals surface area contributed by atoms with Crippen molar-refractivity contribution in [3.05, 3.63) is 17.5 Å². The minimum absolute atomic E-state index is 0.196. The molecule has 0 aliphatic carbocycles. The third-order valence-electron chi connectivity index (χ3n) is 1.37. The number of hydrogen-bond acceptors (Lipinski definition) is 4. The second-order valence-corrected chi connectivity index (χ2v) is 2.09. The Hall–Kier alpha value is -0.870. The van der Waals surface area contributed by atoms with Gasteiger partial charge in [-0.05, 0) is 6.92 Å². The van der Waals surface area contributed by atoms with Crippen molar-refractivity contribution in [1.29, 1.82) is 0 Å². The summed E-state index contributed by atoms with van der Waals surface area (Å²) in [6, 6.07) is 0. The first-order chi connectivity index (χ1) is 4.75. The SMILES string of the molecule is Cc1oncc1[C@H](O)CN. The van der Waals surface area contributed by atoms with Gasteiger partial charge in [-0.15, -0.1) is 0 Å². The van der Waals surface area contributed by atoms with E-state index in [2.05, 4.69) is 5.16 Å². The van der Waals surface area contributed by atoms with Crippen LogP contribution in [0.15, 0.2) is 10.7 Å². The smallest absolute Gasteiger partial charge is 0.139 e. The molecule has 3 N–H and O–H groups in total. The first-order valence-electron chi connectivity index (χ1n) is 3.05. The second-order valence-electron chi connectivity index (χ2n) is 2.09. The van der Waals surface area contributed by atoms with E-state index in [1.807, 2.05) is 0 Å². The molecule has 56 valence electrons. The lowest BCUT2D eigenvalue weighted by Gasteiger charge is -2.02. The predicted octanol–water partition coefficient (Wildman–Crippen LogP) is -0.0249. The van der Waals surface area contributed by atoms with Crippen molar-refractivity contribution in [2.45, 2.75) is 13.0 Å². The van der Waals surface area contributed by atoms with Crippen molar-refractivity contribution in [3.8, 4) is 0 Å². The van der Waals surface area contributed by atoms with Crippen LogP contribution in [0.1, 0.15) is 17.4 Å². The Morgan fingerprint density at radius 3 is 3.00 bits per heavy atom. The van der Waals surface area contributed by atoms with E-state index < -0.39 is 6.10 Å². The molecule has 0 saturated carbocycles. The van der Waals surface area contributed by atoms with Gasteiger partial charge in [-0.2, -0.15) is 0 Å². The molecule has 1 rings (SSSR count). The first-order valence-corrected chi connectivity index (χ1v) is 3.05. The third kappa shape index (κ3) is 1.17. The minimum Gasteiger partial charge on any atom is -0.387 e. The van der Waals surface area contributed by atoms with Crippen LogP contribution in [0.3, 0.4) is 0 Å². The molecule has 0 bridgehead atoms. The van der Waals surface area contributed by atoms with Gasteiger partial charge >= 0.3 is 0 Å². The summed E-state index contributed by atoms with van der Waals surface area (Å²) in [4.78, 5) is 0. The van der Waals surface area contributed by atoms with Crippen molar-refractivity contribution in [2.75, 3.05) is 6.54 Å². The first kappa shape index (κ1) is 7.24. The summed E-state index contributed by atoms with van der Waals surface area (Å²) in [5, 5.41) is 12.7. The summed E-state index contributed by atoms with van der Waals surface area (Å²) in [6.45, 7) is 1.93. The van der Waals surface area contributed by atoms with E-state index >= 15 is 0 Å². The van der Waals surface area contributed by atoms with Gasteiger partial charge in [-0.25, -0.2) is 0 Å². The Bertz CT molecular complexity index is 209. The maximum atomic E-state index is 9.17. The zero-order valence-corrected chi connectivity index (χ0v) is 5.74. The molecule has 0 aliphatic heterocycles. The van der Waals surface area contributed by atoms with Crippen molar-refractivity contribution in [2.24, 2.45) is 5.73 Å². The summed E-state index contributed by atoms with van der Waals surface area (Å²) in [6.07, 6.45) is 0.832. The fourth-order valence-corrected chi connectivity index (χ4v) is 0.753. The Kier molecular flexibility index (Phi) is 2.03. The van der Waals surface area contributed by atoms with Crippen molar-refractivity contribution in [3.63, 3.8) is 0 Å². The van der Waals surface area contributed by atoms with Gasteiger partial charge in [0.2, 0.25) is 0 Å². The van der Waals surface area contributed by atoms with E-state index in [9.17, 15) is 5.11 Å². The van der Waals surface area contributed by atoms with Gasteiger partial charge < -0.3 is 15.4 Å². The molecule has 0 radical (unpaired) electrons. The Balaban J connectivity index is 2.82. The summed E-state index contributed by atoms with van der Waals surface area (Å²) >= 11 is 0. The number of aliphatic hydroxyl groups is 1. The molecule has 0 aromatic carbocycles. The van der Waals surface area contributed by atoms with E-state index in [0.717, 1.165) is 0 Å². The summed E-state index contributed by atoms with van der Waals surface area (Å²) in [5.74, 6) is 0.623. The molecular weight excluding hydrogens is 132 g/mol.